The van der Waals surface area contributed by atoms with Gasteiger partial charge in [-0.15, -0.1) is 0 Å². The molecule has 0 unspecified atom stereocenters. The molecule has 0 N–H and O–H groups in total. The second-order valence-electron chi connectivity index (χ2n) is 6.91. The molecule has 0 aromatic heterocycles. The number of benzene rings is 3. The predicted molar refractivity (Wildman–Crippen MR) is 116 cm³/mol. The maximum atomic E-state index is 6.07. The third kappa shape index (κ3) is 5.58. The van der Waals surface area contributed by atoms with E-state index in [9.17, 15) is 0 Å². The van der Waals surface area contributed by atoms with Gasteiger partial charge in [-0.1, -0.05) is 36.4 Å². The summed E-state index contributed by atoms with van der Waals surface area (Å²) in [6, 6.07) is 23.8. The van der Waals surface area contributed by atoms with Crippen molar-refractivity contribution in [3.05, 3.63) is 101 Å². The lowest BCUT2D eigenvalue weighted by atomic mass is 10.1. The Morgan fingerprint density at radius 3 is 2.11 bits per heavy atom. The van der Waals surface area contributed by atoms with Gasteiger partial charge in [0.2, 0.25) is 5.90 Å². The van der Waals surface area contributed by atoms with Crippen molar-refractivity contribution in [2.45, 2.75) is 27.7 Å². The van der Waals surface area contributed by atoms with Gasteiger partial charge >= 0.3 is 0 Å². The molecule has 0 saturated heterocycles. The Morgan fingerprint density at radius 2 is 1.43 bits per heavy atom. The highest BCUT2D eigenvalue weighted by atomic mass is 16.5. The van der Waals surface area contributed by atoms with Crippen LogP contribution < -0.4 is 9.47 Å². The highest BCUT2D eigenvalue weighted by molar-refractivity contribution is 5.96. The number of aliphatic imine (C=N–C) groups is 1. The molecule has 0 fully saturated rings. The molecule has 0 aliphatic carbocycles. The van der Waals surface area contributed by atoms with Crippen molar-refractivity contribution in [1.82, 2.24) is 0 Å². The number of nitrogens with zero attached hydrogens (tertiary/aromatic N) is 1. The molecule has 3 nitrogen and oxygen atoms in total. The van der Waals surface area contributed by atoms with Crippen LogP contribution in [0.25, 0.3) is 0 Å². The Kier molecular flexibility index (Phi) is 6.28. The summed E-state index contributed by atoms with van der Waals surface area (Å²) in [5.41, 5.74) is 5.12. The lowest BCUT2D eigenvalue weighted by Crippen LogP contribution is -2.11. The molecule has 0 amide bonds. The topological polar surface area (TPSA) is 30.8 Å². The van der Waals surface area contributed by atoms with Gasteiger partial charge in [0.25, 0.3) is 0 Å². The molecule has 0 radical (unpaired) electrons. The zero-order chi connectivity index (χ0) is 19.9. The number of aryl methyl sites for hydroxylation is 3. The lowest BCUT2D eigenvalue weighted by molar-refractivity contribution is 0.473. The van der Waals surface area contributed by atoms with Gasteiger partial charge < -0.3 is 9.47 Å². The normalized spacial score (nSPS) is 12.0. The molecule has 3 rings (SSSR count). The van der Waals surface area contributed by atoms with E-state index < -0.39 is 0 Å². The van der Waals surface area contributed by atoms with Crippen molar-refractivity contribution < 1.29 is 9.47 Å². The predicted octanol–water partition coefficient (Wildman–Crippen LogP) is 6.70. The maximum absolute atomic E-state index is 6.07. The summed E-state index contributed by atoms with van der Waals surface area (Å²) in [7, 11) is 0. The molecule has 0 bridgehead atoms. The molecule has 0 atom stereocenters. The molecule has 3 aromatic carbocycles. The minimum atomic E-state index is 0.504. The van der Waals surface area contributed by atoms with Crippen molar-refractivity contribution in [2.75, 3.05) is 0 Å². The summed E-state index contributed by atoms with van der Waals surface area (Å²) >= 11 is 0. The Balaban J connectivity index is 1.92. The lowest BCUT2D eigenvalue weighted by Gasteiger charge is -2.11. The molecule has 0 spiro atoms. The zero-order valence-electron chi connectivity index (χ0n) is 16.8. The van der Waals surface area contributed by atoms with Crippen LogP contribution in [0.4, 0.5) is 5.69 Å². The van der Waals surface area contributed by atoms with Gasteiger partial charge in [-0.05, 0) is 80.8 Å². The Bertz CT molecular complexity index is 984. The van der Waals surface area contributed by atoms with Crippen molar-refractivity contribution in [1.29, 1.82) is 0 Å². The Hall–Kier alpha value is -3.33. The Morgan fingerprint density at radius 1 is 0.750 bits per heavy atom. The molecule has 0 aliphatic rings. The number of ether oxygens (including phenoxy) is 2. The number of hydrogen-bond donors (Lipinski definition) is 0. The van der Waals surface area contributed by atoms with Crippen LogP contribution in [0.3, 0.4) is 0 Å². The molecule has 142 valence electrons. The van der Waals surface area contributed by atoms with Crippen LogP contribution in [0.2, 0.25) is 0 Å². The van der Waals surface area contributed by atoms with Crippen LogP contribution >= 0.6 is 0 Å². The fourth-order valence-electron chi connectivity index (χ4n) is 2.82. The highest BCUT2D eigenvalue weighted by Crippen LogP contribution is 2.21. The zero-order valence-corrected chi connectivity index (χ0v) is 16.8. The molecule has 0 aliphatic heterocycles. The average Bonchev–Trinajstić information content (AvgIpc) is 2.66. The first kappa shape index (κ1) is 19.4. The van der Waals surface area contributed by atoms with Crippen molar-refractivity contribution >= 4 is 11.6 Å². The highest BCUT2D eigenvalue weighted by Gasteiger charge is 2.08. The van der Waals surface area contributed by atoms with E-state index in [1.165, 1.54) is 0 Å². The standard InChI is InChI=1S/C25H25NO2/c1-18-9-8-12-24(16-18)27-17-21(4)25(28-23-10-6-5-7-11-23)26-22-14-19(2)13-20(3)15-22/h5-17H,1-4H3/b21-17+,26-25+. The summed E-state index contributed by atoms with van der Waals surface area (Å²) in [5, 5.41) is 0. The fourth-order valence-corrected chi connectivity index (χ4v) is 2.82. The molecule has 0 heterocycles. The molecular weight excluding hydrogens is 346 g/mol. The van der Waals surface area contributed by atoms with E-state index in [-0.39, 0.29) is 0 Å². The Labute approximate surface area is 167 Å². The van der Waals surface area contributed by atoms with Crippen molar-refractivity contribution in [3.63, 3.8) is 0 Å². The first-order valence-electron chi connectivity index (χ1n) is 9.30. The van der Waals surface area contributed by atoms with E-state index in [0.717, 1.165) is 39.4 Å². The summed E-state index contributed by atoms with van der Waals surface area (Å²) in [6.45, 7) is 8.09. The minimum absolute atomic E-state index is 0.504. The first-order valence-corrected chi connectivity index (χ1v) is 9.30. The SMILES string of the molecule is CC(=C\Oc1cccc(C)c1)/C(=N\c1cc(C)cc(C)c1)Oc1ccccc1. The van der Waals surface area contributed by atoms with E-state index in [4.69, 9.17) is 14.5 Å². The largest absolute Gasteiger partial charge is 0.465 e. The summed E-state index contributed by atoms with van der Waals surface area (Å²) in [4.78, 5) is 4.75. The summed E-state index contributed by atoms with van der Waals surface area (Å²) < 4.78 is 11.9. The van der Waals surface area contributed by atoms with E-state index in [1.807, 2.05) is 80.6 Å². The van der Waals surface area contributed by atoms with Gasteiger partial charge in [0.15, 0.2) is 0 Å². The molecule has 3 aromatic rings. The fraction of sp³-hybridized carbons (Fsp3) is 0.160. The third-order valence-corrected chi connectivity index (χ3v) is 4.09. The second kappa shape index (κ2) is 9.05. The van der Waals surface area contributed by atoms with Crippen LogP contribution in [-0.2, 0) is 0 Å². The smallest absolute Gasteiger partial charge is 0.225 e. The monoisotopic (exact) mass is 371 g/mol. The third-order valence-electron chi connectivity index (χ3n) is 4.09. The van der Waals surface area contributed by atoms with Gasteiger partial charge in [-0.25, -0.2) is 4.99 Å². The van der Waals surface area contributed by atoms with Crippen LogP contribution in [-0.4, -0.2) is 5.90 Å². The van der Waals surface area contributed by atoms with Gasteiger partial charge in [-0.2, -0.15) is 0 Å². The second-order valence-corrected chi connectivity index (χ2v) is 6.91. The van der Waals surface area contributed by atoms with E-state index >= 15 is 0 Å². The van der Waals surface area contributed by atoms with Crippen molar-refractivity contribution in [3.8, 4) is 11.5 Å². The van der Waals surface area contributed by atoms with E-state index in [2.05, 4.69) is 19.9 Å². The van der Waals surface area contributed by atoms with Gasteiger partial charge in [0, 0.05) is 5.57 Å². The summed E-state index contributed by atoms with van der Waals surface area (Å²) in [5.74, 6) is 2.02. The maximum Gasteiger partial charge on any atom is 0.225 e. The number of hydrogen-bond acceptors (Lipinski definition) is 3. The molecule has 3 heteroatoms. The van der Waals surface area contributed by atoms with Gasteiger partial charge in [-0.3, -0.25) is 0 Å². The molecular formula is C25H25NO2. The van der Waals surface area contributed by atoms with Gasteiger partial charge in [0.1, 0.15) is 11.5 Å². The summed E-state index contributed by atoms with van der Waals surface area (Å²) in [6.07, 6.45) is 1.68. The average molecular weight is 371 g/mol. The van der Waals surface area contributed by atoms with Crippen LogP contribution in [0, 0.1) is 20.8 Å². The molecule has 0 saturated carbocycles. The van der Waals surface area contributed by atoms with Crippen LogP contribution in [0.15, 0.2) is 89.6 Å². The van der Waals surface area contributed by atoms with Crippen LogP contribution in [0.1, 0.15) is 23.6 Å². The van der Waals surface area contributed by atoms with E-state index in [0.29, 0.717) is 5.90 Å². The minimum Gasteiger partial charge on any atom is -0.465 e. The van der Waals surface area contributed by atoms with Crippen LogP contribution in [0.5, 0.6) is 11.5 Å². The van der Waals surface area contributed by atoms with E-state index in [1.54, 1.807) is 6.26 Å². The van der Waals surface area contributed by atoms with Gasteiger partial charge in [0.05, 0.1) is 11.9 Å². The quantitative estimate of drug-likeness (QED) is 0.284. The first-order chi connectivity index (χ1) is 13.5. The van der Waals surface area contributed by atoms with Crippen molar-refractivity contribution in [2.24, 2.45) is 4.99 Å². The number of para-hydroxylation sites is 1. The number of rotatable bonds is 5. The molecule has 28 heavy (non-hydrogen) atoms.